The molecule has 1 aromatic heterocycles. The Bertz CT molecular complexity index is 773. The number of hydrogen-bond donors (Lipinski definition) is 1. The van der Waals surface area contributed by atoms with Crippen molar-refractivity contribution in [3.05, 3.63) is 41.5 Å². The van der Waals surface area contributed by atoms with Gasteiger partial charge in [0, 0.05) is 37.7 Å². The van der Waals surface area contributed by atoms with E-state index in [1.807, 2.05) is 12.1 Å². The van der Waals surface area contributed by atoms with Gasteiger partial charge in [-0.3, -0.25) is 4.90 Å². The molecule has 2 aromatic rings. The Morgan fingerprint density at radius 3 is 3.08 bits per heavy atom. The van der Waals surface area contributed by atoms with E-state index in [0.717, 1.165) is 48.8 Å². The number of aromatic nitrogens is 3. The number of rotatable bonds is 6. The molecule has 1 aromatic carbocycles. The monoisotopic (exact) mass is 341 g/mol. The number of carbonyl (C=O) groups excluding carboxylic acids is 1. The number of ether oxygens (including phenoxy) is 1. The molecule has 1 saturated heterocycles. The maximum absolute atomic E-state index is 11.7. The highest BCUT2D eigenvalue weighted by molar-refractivity contribution is 5.89. The molecule has 2 aliphatic heterocycles. The van der Waals surface area contributed by atoms with Gasteiger partial charge in [0.05, 0.1) is 6.54 Å². The molecular weight excluding hydrogens is 318 g/mol. The lowest BCUT2D eigenvalue weighted by molar-refractivity contribution is 0.181. The van der Waals surface area contributed by atoms with Crippen LogP contribution >= 0.6 is 0 Å². The molecule has 1 amide bonds. The van der Waals surface area contributed by atoms with Crippen molar-refractivity contribution >= 4 is 11.8 Å². The van der Waals surface area contributed by atoms with E-state index >= 15 is 0 Å². The van der Waals surface area contributed by atoms with Crippen LogP contribution in [0.1, 0.15) is 36.6 Å². The summed E-state index contributed by atoms with van der Waals surface area (Å²) >= 11 is 0. The van der Waals surface area contributed by atoms with E-state index in [1.54, 1.807) is 4.90 Å². The van der Waals surface area contributed by atoms with E-state index in [4.69, 9.17) is 4.74 Å². The van der Waals surface area contributed by atoms with Gasteiger partial charge < -0.3 is 14.6 Å². The minimum absolute atomic E-state index is 0.194. The Morgan fingerprint density at radius 1 is 1.32 bits per heavy atom. The molecule has 7 heteroatoms. The number of benzene rings is 1. The van der Waals surface area contributed by atoms with Crippen molar-refractivity contribution in [2.45, 2.75) is 38.8 Å². The molecule has 25 heavy (non-hydrogen) atoms. The van der Waals surface area contributed by atoms with Crippen LogP contribution in [-0.2, 0) is 24.1 Å². The molecule has 1 N–H and O–H groups in total. The third-order valence-electron chi connectivity index (χ3n) is 4.93. The molecule has 0 spiro atoms. The Labute approximate surface area is 147 Å². The third kappa shape index (κ3) is 3.24. The fourth-order valence-electron chi connectivity index (χ4n) is 3.50. The molecule has 3 heterocycles. The van der Waals surface area contributed by atoms with Crippen molar-refractivity contribution in [3.63, 3.8) is 0 Å². The first-order chi connectivity index (χ1) is 12.2. The van der Waals surface area contributed by atoms with E-state index in [9.17, 15) is 4.79 Å². The Kier molecular flexibility index (Phi) is 4.40. The smallest absolute Gasteiger partial charge is 0.414 e. The number of nitrogens with zero attached hydrogens (tertiary/aromatic N) is 4. The van der Waals surface area contributed by atoms with Crippen molar-refractivity contribution in [2.75, 3.05) is 24.6 Å². The highest BCUT2D eigenvalue weighted by Crippen LogP contribution is 2.23. The molecular formula is C18H23N5O2. The summed E-state index contributed by atoms with van der Waals surface area (Å²) in [6.07, 6.45) is 2.82. The lowest BCUT2D eigenvalue weighted by atomic mass is 10.1. The van der Waals surface area contributed by atoms with Crippen molar-refractivity contribution in [2.24, 2.45) is 0 Å². The standard InChI is InChI=1S/C18H23N5O2/c1-13(19-8-7-17-21-20-16-6-3-9-23(16)17)14-4-2-5-15(12-14)22-10-11-25-18(22)24/h2,4-5,12-13,19H,3,6-11H2,1H3/t13-/m0/s1. The zero-order valence-corrected chi connectivity index (χ0v) is 14.4. The predicted molar refractivity (Wildman–Crippen MR) is 93.6 cm³/mol. The fourth-order valence-corrected chi connectivity index (χ4v) is 3.50. The summed E-state index contributed by atoms with van der Waals surface area (Å²) in [5, 5.41) is 12.1. The zero-order valence-electron chi connectivity index (χ0n) is 14.4. The van der Waals surface area contributed by atoms with E-state index in [2.05, 4.69) is 39.1 Å². The first-order valence-electron chi connectivity index (χ1n) is 8.91. The van der Waals surface area contributed by atoms with E-state index in [1.165, 1.54) is 6.42 Å². The Balaban J connectivity index is 1.36. The summed E-state index contributed by atoms with van der Waals surface area (Å²) in [5.74, 6) is 2.19. The van der Waals surface area contributed by atoms with Gasteiger partial charge in [-0.1, -0.05) is 12.1 Å². The number of cyclic esters (lactones) is 1. The quantitative estimate of drug-likeness (QED) is 0.871. The zero-order chi connectivity index (χ0) is 17.2. The van der Waals surface area contributed by atoms with Gasteiger partial charge in [-0.05, 0) is 31.0 Å². The van der Waals surface area contributed by atoms with Gasteiger partial charge in [0.2, 0.25) is 0 Å². The van der Waals surface area contributed by atoms with Gasteiger partial charge >= 0.3 is 6.09 Å². The number of nitrogens with one attached hydrogen (secondary N) is 1. The van der Waals surface area contributed by atoms with Crippen LogP contribution in [0.2, 0.25) is 0 Å². The minimum Gasteiger partial charge on any atom is -0.447 e. The number of carbonyl (C=O) groups is 1. The van der Waals surface area contributed by atoms with Gasteiger partial charge in [-0.15, -0.1) is 10.2 Å². The molecule has 7 nitrogen and oxygen atoms in total. The molecule has 0 bridgehead atoms. The summed E-state index contributed by atoms with van der Waals surface area (Å²) in [4.78, 5) is 13.4. The molecule has 1 atom stereocenters. The van der Waals surface area contributed by atoms with Crippen LogP contribution in [0, 0.1) is 0 Å². The number of anilines is 1. The Hall–Kier alpha value is -2.41. The second-order valence-electron chi connectivity index (χ2n) is 6.57. The highest BCUT2D eigenvalue weighted by Gasteiger charge is 2.24. The van der Waals surface area contributed by atoms with Crippen LogP contribution in [0.3, 0.4) is 0 Å². The lowest BCUT2D eigenvalue weighted by Crippen LogP contribution is -2.25. The van der Waals surface area contributed by atoms with Crippen molar-refractivity contribution < 1.29 is 9.53 Å². The van der Waals surface area contributed by atoms with E-state index < -0.39 is 0 Å². The summed E-state index contributed by atoms with van der Waals surface area (Å²) in [7, 11) is 0. The third-order valence-corrected chi connectivity index (χ3v) is 4.93. The minimum atomic E-state index is -0.265. The molecule has 4 rings (SSSR count). The van der Waals surface area contributed by atoms with Crippen LogP contribution in [0.5, 0.6) is 0 Å². The molecule has 1 fully saturated rings. The topological polar surface area (TPSA) is 72.3 Å². The molecule has 132 valence electrons. The van der Waals surface area contributed by atoms with Gasteiger partial charge in [-0.2, -0.15) is 0 Å². The van der Waals surface area contributed by atoms with Crippen molar-refractivity contribution in [3.8, 4) is 0 Å². The number of aryl methyl sites for hydroxylation is 1. The van der Waals surface area contributed by atoms with Crippen LogP contribution in [0.4, 0.5) is 10.5 Å². The molecule has 0 aliphatic carbocycles. The van der Waals surface area contributed by atoms with Crippen LogP contribution in [0.25, 0.3) is 0 Å². The molecule has 2 aliphatic rings. The van der Waals surface area contributed by atoms with Crippen LogP contribution in [-0.4, -0.2) is 40.6 Å². The second-order valence-corrected chi connectivity index (χ2v) is 6.57. The van der Waals surface area contributed by atoms with E-state index in [0.29, 0.717) is 13.2 Å². The van der Waals surface area contributed by atoms with Crippen LogP contribution in [0.15, 0.2) is 24.3 Å². The number of hydrogen-bond acceptors (Lipinski definition) is 5. The normalized spacial score (nSPS) is 17.6. The highest BCUT2D eigenvalue weighted by atomic mass is 16.6. The summed E-state index contributed by atoms with van der Waals surface area (Å²) in [6.45, 7) is 5.09. The predicted octanol–water partition coefficient (Wildman–Crippen LogP) is 2.07. The van der Waals surface area contributed by atoms with Crippen molar-refractivity contribution in [1.82, 2.24) is 20.1 Å². The largest absolute Gasteiger partial charge is 0.447 e. The first-order valence-corrected chi connectivity index (χ1v) is 8.91. The molecule has 0 radical (unpaired) electrons. The molecule has 0 unspecified atom stereocenters. The van der Waals surface area contributed by atoms with Gasteiger partial charge in [0.25, 0.3) is 0 Å². The lowest BCUT2D eigenvalue weighted by Gasteiger charge is -2.18. The number of fused-ring (bicyclic) bond motifs is 1. The van der Waals surface area contributed by atoms with Crippen LogP contribution < -0.4 is 10.2 Å². The second kappa shape index (κ2) is 6.84. The Morgan fingerprint density at radius 2 is 2.24 bits per heavy atom. The average Bonchev–Trinajstić information content (AvgIpc) is 3.33. The summed E-state index contributed by atoms with van der Waals surface area (Å²) in [5.41, 5.74) is 2.05. The number of amides is 1. The fraction of sp³-hybridized carbons (Fsp3) is 0.500. The van der Waals surface area contributed by atoms with Gasteiger partial charge in [-0.25, -0.2) is 4.79 Å². The van der Waals surface area contributed by atoms with E-state index in [-0.39, 0.29) is 12.1 Å². The maximum Gasteiger partial charge on any atom is 0.414 e. The van der Waals surface area contributed by atoms with Gasteiger partial charge in [0.15, 0.2) is 0 Å². The SMILES string of the molecule is C[C@H](NCCc1nnc2n1CCC2)c1cccc(N2CCOC2=O)c1. The summed E-state index contributed by atoms with van der Waals surface area (Å²) in [6, 6.07) is 8.26. The van der Waals surface area contributed by atoms with Gasteiger partial charge in [0.1, 0.15) is 18.3 Å². The first kappa shape index (κ1) is 16.1. The average molecular weight is 341 g/mol. The maximum atomic E-state index is 11.7. The van der Waals surface area contributed by atoms with Crippen molar-refractivity contribution in [1.29, 1.82) is 0 Å². The molecule has 0 saturated carbocycles. The summed E-state index contributed by atoms with van der Waals surface area (Å²) < 4.78 is 7.26.